The number of fused-ring (bicyclic) bond motifs is 2. The number of hydrogen-bond acceptors (Lipinski definition) is 9. The highest BCUT2D eigenvalue weighted by Gasteiger charge is 2.20. The Kier molecular flexibility index (Phi) is 6.21. The van der Waals surface area contributed by atoms with Gasteiger partial charge in [0.25, 0.3) is 0 Å². The number of methoxy groups -OCH3 is 1. The van der Waals surface area contributed by atoms with Gasteiger partial charge in [0.2, 0.25) is 5.88 Å². The van der Waals surface area contributed by atoms with E-state index in [0.29, 0.717) is 5.82 Å². The minimum Gasteiger partial charge on any atom is -0.495 e. The Balaban J connectivity index is 1.29. The van der Waals surface area contributed by atoms with Crippen LogP contribution in [0, 0.1) is 0 Å². The molecule has 190 valence electrons. The number of benzene rings is 1. The number of anilines is 3. The molecule has 0 unspecified atom stereocenters. The van der Waals surface area contributed by atoms with E-state index < -0.39 is 0 Å². The maximum Gasteiger partial charge on any atom is 0.216 e. The van der Waals surface area contributed by atoms with Gasteiger partial charge in [0.15, 0.2) is 11.5 Å². The Hall–Kier alpha value is -4.34. The molecule has 1 N–H and O–H groups in total. The summed E-state index contributed by atoms with van der Waals surface area (Å²) in [4.78, 5) is 21.2. The third-order valence-electron chi connectivity index (χ3n) is 6.77. The number of hydrogen-bond donors (Lipinski definition) is 1. The van der Waals surface area contributed by atoms with E-state index >= 15 is 0 Å². The smallest absolute Gasteiger partial charge is 0.216 e. The van der Waals surface area contributed by atoms with Crippen LogP contribution in [0.1, 0.15) is 24.8 Å². The molecule has 2 aliphatic rings. The second-order valence-corrected chi connectivity index (χ2v) is 9.11. The second-order valence-electron chi connectivity index (χ2n) is 9.11. The first-order chi connectivity index (χ1) is 18.2. The predicted octanol–water partition coefficient (Wildman–Crippen LogP) is 4.47. The van der Waals surface area contributed by atoms with E-state index in [1.165, 1.54) is 0 Å². The first-order valence-electron chi connectivity index (χ1n) is 12.5. The fourth-order valence-corrected chi connectivity index (χ4v) is 4.91. The summed E-state index contributed by atoms with van der Waals surface area (Å²) < 4.78 is 13.4. The van der Waals surface area contributed by atoms with E-state index in [0.717, 1.165) is 96.6 Å². The van der Waals surface area contributed by atoms with Crippen LogP contribution >= 0.6 is 0 Å². The van der Waals surface area contributed by atoms with Gasteiger partial charge in [-0.3, -0.25) is 0 Å². The van der Waals surface area contributed by atoms with Crippen molar-refractivity contribution in [3.8, 4) is 22.9 Å². The van der Waals surface area contributed by atoms with Gasteiger partial charge in [0.1, 0.15) is 12.9 Å². The van der Waals surface area contributed by atoms with E-state index in [9.17, 15) is 0 Å². The van der Waals surface area contributed by atoms with E-state index in [2.05, 4.69) is 37.5 Å². The van der Waals surface area contributed by atoms with Gasteiger partial charge in [-0.1, -0.05) is 5.16 Å². The molecule has 1 fully saturated rings. The molecule has 1 saturated heterocycles. The average molecular weight is 500 g/mol. The highest BCUT2D eigenvalue weighted by Crippen LogP contribution is 2.35. The van der Waals surface area contributed by atoms with Crippen LogP contribution in [0.5, 0.6) is 11.6 Å². The van der Waals surface area contributed by atoms with Crippen LogP contribution in [-0.4, -0.2) is 59.0 Å². The van der Waals surface area contributed by atoms with Crippen molar-refractivity contribution < 1.29 is 14.3 Å². The van der Waals surface area contributed by atoms with Crippen LogP contribution in [0.2, 0.25) is 0 Å². The fraction of sp³-hybridized carbons (Fsp3) is 0.333. The van der Waals surface area contributed by atoms with Gasteiger partial charge in [-0.2, -0.15) is 0 Å². The molecule has 0 atom stereocenters. The van der Waals surface area contributed by atoms with Crippen molar-refractivity contribution in [2.45, 2.75) is 25.7 Å². The Morgan fingerprint density at radius 3 is 2.81 bits per heavy atom. The maximum atomic E-state index is 5.77. The minimum atomic E-state index is 0.657. The van der Waals surface area contributed by atoms with Crippen LogP contribution < -0.4 is 19.7 Å². The van der Waals surface area contributed by atoms with E-state index in [1.807, 2.05) is 35.1 Å². The Morgan fingerprint density at radius 2 is 1.97 bits per heavy atom. The van der Waals surface area contributed by atoms with Crippen LogP contribution in [0.3, 0.4) is 0 Å². The molecular weight excluding hydrogens is 470 g/mol. The Labute approximate surface area is 214 Å². The lowest BCUT2D eigenvalue weighted by molar-refractivity contribution is 0.211. The SMILES string of the molecule is CON=C1CCN(c2ccc(Nc3nc(-c4cnc5c(c4)CCCO5)cn4ccnc34)cc2OC)CC1. The van der Waals surface area contributed by atoms with Gasteiger partial charge < -0.3 is 28.9 Å². The number of nitrogens with zero attached hydrogens (tertiary/aromatic N) is 6. The van der Waals surface area contributed by atoms with Gasteiger partial charge >= 0.3 is 0 Å². The number of piperidine rings is 1. The van der Waals surface area contributed by atoms with Crippen molar-refractivity contribution >= 4 is 28.6 Å². The van der Waals surface area contributed by atoms with Gasteiger partial charge in [-0.05, 0) is 31.0 Å². The molecule has 37 heavy (non-hydrogen) atoms. The van der Waals surface area contributed by atoms with E-state index in [4.69, 9.17) is 19.3 Å². The quantitative estimate of drug-likeness (QED) is 0.388. The first-order valence-corrected chi connectivity index (χ1v) is 12.5. The minimum absolute atomic E-state index is 0.657. The number of rotatable bonds is 6. The van der Waals surface area contributed by atoms with Crippen LogP contribution in [0.25, 0.3) is 16.9 Å². The van der Waals surface area contributed by atoms with Crippen molar-refractivity contribution in [3.05, 3.63) is 54.6 Å². The number of imidazole rings is 1. The molecule has 5 heterocycles. The third-order valence-corrected chi connectivity index (χ3v) is 6.77. The molecular formula is C27H29N7O3. The van der Waals surface area contributed by atoms with Gasteiger partial charge in [-0.15, -0.1) is 0 Å². The molecule has 0 spiro atoms. The largest absolute Gasteiger partial charge is 0.495 e. The number of ether oxygens (including phenoxy) is 2. The molecule has 6 rings (SSSR count). The van der Waals surface area contributed by atoms with Gasteiger partial charge in [-0.25, -0.2) is 15.0 Å². The van der Waals surface area contributed by atoms with E-state index in [1.54, 1.807) is 20.4 Å². The number of aromatic nitrogens is 4. The second kappa shape index (κ2) is 9.96. The van der Waals surface area contributed by atoms with Crippen molar-refractivity contribution in [3.63, 3.8) is 0 Å². The summed E-state index contributed by atoms with van der Waals surface area (Å²) in [5.41, 5.74) is 6.61. The molecule has 1 aromatic carbocycles. The summed E-state index contributed by atoms with van der Waals surface area (Å²) in [6, 6.07) is 8.25. The predicted molar refractivity (Wildman–Crippen MR) is 142 cm³/mol. The molecule has 10 nitrogen and oxygen atoms in total. The van der Waals surface area contributed by atoms with Crippen molar-refractivity contribution in [2.75, 3.05) is 44.1 Å². The topological polar surface area (TPSA) is 98.4 Å². The molecule has 0 saturated carbocycles. The highest BCUT2D eigenvalue weighted by molar-refractivity contribution is 5.86. The highest BCUT2D eigenvalue weighted by atomic mass is 16.6. The summed E-state index contributed by atoms with van der Waals surface area (Å²) in [5, 5.41) is 7.57. The summed E-state index contributed by atoms with van der Waals surface area (Å²) in [6.45, 7) is 2.45. The third kappa shape index (κ3) is 4.62. The lowest BCUT2D eigenvalue weighted by Gasteiger charge is -2.30. The summed E-state index contributed by atoms with van der Waals surface area (Å²) in [7, 11) is 3.29. The Bertz CT molecular complexity index is 1460. The summed E-state index contributed by atoms with van der Waals surface area (Å²) >= 11 is 0. The van der Waals surface area contributed by atoms with Crippen molar-refractivity contribution in [1.29, 1.82) is 0 Å². The zero-order valence-corrected chi connectivity index (χ0v) is 21.0. The van der Waals surface area contributed by atoms with Crippen molar-refractivity contribution in [1.82, 2.24) is 19.4 Å². The van der Waals surface area contributed by atoms with Gasteiger partial charge in [0, 0.05) is 73.6 Å². The summed E-state index contributed by atoms with van der Waals surface area (Å²) in [5.74, 6) is 2.18. The number of aryl methyl sites for hydroxylation is 1. The maximum absolute atomic E-state index is 5.77. The van der Waals surface area contributed by atoms with Gasteiger partial charge in [0.05, 0.1) is 30.8 Å². The van der Waals surface area contributed by atoms with Crippen LogP contribution in [0.4, 0.5) is 17.2 Å². The molecule has 3 aromatic heterocycles. The first kappa shape index (κ1) is 23.1. The molecule has 0 radical (unpaired) electrons. The molecule has 0 amide bonds. The molecule has 10 heteroatoms. The molecule has 0 bridgehead atoms. The molecule has 2 aliphatic heterocycles. The molecule has 0 aliphatic carbocycles. The van der Waals surface area contributed by atoms with Crippen LogP contribution in [-0.2, 0) is 11.3 Å². The average Bonchev–Trinajstić information content (AvgIpc) is 3.43. The van der Waals surface area contributed by atoms with E-state index in [-0.39, 0.29) is 0 Å². The standard InChI is InChI=1S/C27H29N7O3/c1-35-24-15-21(5-6-23(24)33-10-7-20(8-11-33)32-36-2)30-25-26-28-9-12-34(26)17-22(31-25)19-14-18-4-3-13-37-27(18)29-16-19/h5-6,9,12,14-17H,3-4,7-8,10-11,13H2,1-2H3,(H,30,31). The monoisotopic (exact) mass is 499 g/mol. The lowest BCUT2D eigenvalue weighted by atomic mass is 10.1. The fourth-order valence-electron chi connectivity index (χ4n) is 4.91. The summed E-state index contributed by atoms with van der Waals surface area (Å²) in [6.07, 6.45) is 11.2. The lowest BCUT2D eigenvalue weighted by Crippen LogP contribution is -2.34. The molecule has 4 aromatic rings. The normalized spacial score (nSPS) is 15.2. The Morgan fingerprint density at radius 1 is 1.08 bits per heavy atom. The van der Waals surface area contributed by atoms with Crippen molar-refractivity contribution in [2.24, 2.45) is 5.16 Å². The zero-order chi connectivity index (χ0) is 25.2. The number of oxime groups is 1. The number of nitrogens with one attached hydrogen (secondary N) is 1. The van der Waals surface area contributed by atoms with Crippen LogP contribution in [0.15, 0.2) is 54.2 Å². The number of pyridine rings is 1. The zero-order valence-electron chi connectivity index (χ0n) is 21.0.